The number of hydrogen-bond acceptors (Lipinski definition) is 3. The van der Waals surface area contributed by atoms with Crippen LogP contribution < -0.4 is 5.32 Å². The van der Waals surface area contributed by atoms with Crippen molar-refractivity contribution in [2.45, 2.75) is 91.3 Å². The van der Waals surface area contributed by atoms with E-state index < -0.39 is 0 Å². The third-order valence-electron chi connectivity index (χ3n) is 4.68. The molecule has 21 heavy (non-hydrogen) atoms. The molecule has 0 radical (unpaired) electrons. The zero-order chi connectivity index (χ0) is 16.1. The van der Waals surface area contributed by atoms with Gasteiger partial charge in [-0.15, -0.1) is 5.06 Å². The summed E-state index contributed by atoms with van der Waals surface area (Å²) in [4.78, 5) is 6.59. The highest BCUT2D eigenvalue weighted by atomic mass is 16.7. The third kappa shape index (κ3) is 3.62. The van der Waals surface area contributed by atoms with Gasteiger partial charge in [0.25, 0.3) is 0 Å². The van der Waals surface area contributed by atoms with Crippen LogP contribution in [-0.4, -0.2) is 29.2 Å². The van der Waals surface area contributed by atoms with Crippen molar-refractivity contribution in [2.24, 2.45) is 5.41 Å². The highest BCUT2D eigenvalue weighted by Crippen LogP contribution is 2.45. The van der Waals surface area contributed by atoms with Crippen molar-refractivity contribution in [3.8, 4) is 0 Å². The van der Waals surface area contributed by atoms with Crippen molar-refractivity contribution in [2.75, 3.05) is 7.05 Å². The number of nitrogens with zero attached hydrogens (tertiary/aromatic N) is 1. The van der Waals surface area contributed by atoms with Gasteiger partial charge in [0.2, 0.25) is 0 Å². The number of nitrogens with one attached hydrogen (secondary N) is 1. The molecule has 1 heterocycles. The highest BCUT2D eigenvalue weighted by Gasteiger charge is 2.48. The van der Waals surface area contributed by atoms with Crippen LogP contribution in [0.25, 0.3) is 0 Å². The van der Waals surface area contributed by atoms with E-state index in [1.807, 2.05) is 0 Å². The number of hydrogen-bond donors (Lipinski definition) is 1. The maximum Gasteiger partial charge on any atom is 0.129 e. The zero-order valence-corrected chi connectivity index (χ0v) is 15.3. The van der Waals surface area contributed by atoms with Crippen molar-refractivity contribution in [3.63, 3.8) is 0 Å². The number of piperidine rings is 1. The second kappa shape index (κ2) is 5.27. The molecule has 3 nitrogen and oxygen atoms in total. The van der Waals surface area contributed by atoms with E-state index in [1.54, 1.807) is 0 Å². The van der Waals surface area contributed by atoms with Crippen molar-refractivity contribution >= 4 is 0 Å². The molecule has 0 spiro atoms. The molecule has 1 aliphatic heterocycles. The molecule has 0 atom stereocenters. The predicted molar refractivity (Wildman–Crippen MR) is 88.9 cm³/mol. The molecule has 0 amide bonds. The minimum absolute atomic E-state index is 0.0291. The minimum Gasteiger partial charge on any atom is -0.409 e. The Balaban J connectivity index is 2.27. The van der Waals surface area contributed by atoms with Gasteiger partial charge in [-0.25, -0.2) is 0 Å². The molecule has 0 aromatic carbocycles. The van der Waals surface area contributed by atoms with E-state index in [0.717, 1.165) is 12.8 Å². The monoisotopic (exact) mass is 294 g/mol. The number of hydroxylamine groups is 2. The average Bonchev–Trinajstić information content (AvgIpc) is 3.08. The lowest BCUT2D eigenvalue weighted by molar-refractivity contribution is -0.267. The van der Waals surface area contributed by atoms with E-state index in [1.165, 1.54) is 24.2 Å². The van der Waals surface area contributed by atoms with Gasteiger partial charge in [0, 0.05) is 11.5 Å². The summed E-state index contributed by atoms with van der Waals surface area (Å²) < 4.78 is 0. The lowest BCUT2D eigenvalue weighted by atomic mass is 9.79. The normalized spacial score (nSPS) is 25.8. The molecular weight excluding hydrogens is 260 g/mol. The summed E-state index contributed by atoms with van der Waals surface area (Å²) in [6, 6.07) is 0.557. The Hall–Kier alpha value is -0.540. The van der Waals surface area contributed by atoms with E-state index in [4.69, 9.17) is 4.84 Å². The molecule has 1 N–H and O–H groups in total. The third-order valence-corrected chi connectivity index (χ3v) is 4.68. The van der Waals surface area contributed by atoms with Crippen LogP contribution in [0.15, 0.2) is 11.3 Å². The Morgan fingerprint density at radius 1 is 1.10 bits per heavy atom. The summed E-state index contributed by atoms with van der Waals surface area (Å²) in [5.41, 5.74) is 1.64. The first kappa shape index (κ1) is 16.8. The summed E-state index contributed by atoms with van der Waals surface area (Å²) >= 11 is 0. The van der Waals surface area contributed by atoms with Crippen molar-refractivity contribution in [1.29, 1.82) is 0 Å². The van der Waals surface area contributed by atoms with E-state index in [9.17, 15) is 0 Å². The maximum absolute atomic E-state index is 6.59. The van der Waals surface area contributed by atoms with Crippen molar-refractivity contribution in [1.82, 2.24) is 10.4 Å². The Labute approximate surface area is 131 Å². The molecule has 2 aliphatic rings. The lowest BCUT2D eigenvalue weighted by Gasteiger charge is -2.54. The van der Waals surface area contributed by atoms with Crippen LogP contribution in [0.1, 0.15) is 74.1 Å². The number of allylic oxidation sites excluding steroid dienone is 2. The minimum atomic E-state index is 0.0291. The van der Waals surface area contributed by atoms with Crippen LogP contribution in [0.3, 0.4) is 0 Å². The summed E-state index contributed by atoms with van der Waals surface area (Å²) in [5.74, 6) is 1.20. The molecule has 3 heteroatoms. The van der Waals surface area contributed by atoms with Gasteiger partial charge in [0.15, 0.2) is 0 Å². The van der Waals surface area contributed by atoms with Crippen LogP contribution in [0.5, 0.6) is 0 Å². The molecule has 1 aliphatic carbocycles. The van der Waals surface area contributed by atoms with Gasteiger partial charge in [-0.05, 0) is 66.0 Å². The topological polar surface area (TPSA) is 24.5 Å². The van der Waals surface area contributed by atoms with Crippen LogP contribution in [0.4, 0.5) is 0 Å². The second-order valence-electron chi connectivity index (χ2n) is 9.09. The molecule has 122 valence electrons. The Morgan fingerprint density at radius 2 is 1.57 bits per heavy atom. The summed E-state index contributed by atoms with van der Waals surface area (Å²) in [6.07, 6.45) is 4.64. The van der Waals surface area contributed by atoms with Gasteiger partial charge in [0.1, 0.15) is 5.76 Å². The first-order chi connectivity index (χ1) is 9.47. The van der Waals surface area contributed by atoms with E-state index in [2.05, 4.69) is 65.9 Å². The smallest absolute Gasteiger partial charge is 0.129 e. The SMILES string of the molecule is CNC1CC(C)(C)N(OC(=C2CC2)C(C)(C)C)C(C)(C)C1. The molecule has 2 fully saturated rings. The molecule has 0 unspecified atom stereocenters. The van der Waals surface area contributed by atoms with E-state index >= 15 is 0 Å². The average molecular weight is 294 g/mol. The van der Waals surface area contributed by atoms with Gasteiger partial charge >= 0.3 is 0 Å². The van der Waals surface area contributed by atoms with Gasteiger partial charge in [-0.2, -0.15) is 0 Å². The predicted octanol–water partition coefficient (Wildman–Crippen LogP) is 4.25. The largest absolute Gasteiger partial charge is 0.409 e. The quantitative estimate of drug-likeness (QED) is 0.787. The molecule has 0 bridgehead atoms. The van der Waals surface area contributed by atoms with Gasteiger partial charge in [-0.1, -0.05) is 20.8 Å². The van der Waals surface area contributed by atoms with Gasteiger partial charge < -0.3 is 10.2 Å². The van der Waals surface area contributed by atoms with Gasteiger partial charge in [-0.3, -0.25) is 0 Å². The highest BCUT2D eigenvalue weighted by molar-refractivity contribution is 5.25. The fraction of sp³-hybridized carbons (Fsp3) is 0.889. The fourth-order valence-electron chi connectivity index (χ4n) is 3.83. The molecule has 2 rings (SSSR count). The molecule has 0 aromatic rings. The molecule has 1 saturated carbocycles. The van der Waals surface area contributed by atoms with Crippen LogP contribution >= 0.6 is 0 Å². The van der Waals surface area contributed by atoms with E-state index in [-0.39, 0.29) is 16.5 Å². The summed E-state index contributed by atoms with van der Waals surface area (Å²) in [5, 5.41) is 5.74. The van der Waals surface area contributed by atoms with Crippen LogP contribution in [-0.2, 0) is 4.84 Å². The number of rotatable bonds is 3. The van der Waals surface area contributed by atoms with Crippen LogP contribution in [0, 0.1) is 5.41 Å². The maximum atomic E-state index is 6.59. The van der Waals surface area contributed by atoms with E-state index in [0.29, 0.717) is 6.04 Å². The van der Waals surface area contributed by atoms with Gasteiger partial charge in [0.05, 0.1) is 11.1 Å². The zero-order valence-electron chi connectivity index (χ0n) is 15.3. The Kier molecular flexibility index (Phi) is 4.23. The fourth-order valence-corrected chi connectivity index (χ4v) is 3.83. The lowest BCUT2D eigenvalue weighted by Crippen LogP contribution is -2.63. The molecule has 1 saturated heterocycles. The first-order valence-electron chi connectivity index (χ1n) is 8.35. The van der Waals surface area contributed by atoms with Crippen molar-refractivity contribution < 1.29 is 4.84 Å². The standard InChI is InChI=1S/C18H34N2O/c1-16(2,3)15(13-9-10-13)21-20-17(4,5)11-14(19-8)12-18(20,6)7/h14,19H,9-12H2,1-8H3. The second-order valence-corrected chi connectivity index (χ2v) is 9.09. The first-order valence-corrected chi connectivity index (χ1v) is 8.35. The Bertz CT molecular complexity index is 405. The van der Waals surface area contributed by atoms with Crippen molar-refractivity contribution in [3.05, 3.63) is 11.3 Å². The summed E-state index contributed by atoms with van der Waals surface area (Å²) in [6.45, 7) is 16.0. The summed E-state index contributed by atoms with van der Waals surface area (Å²) in [7, 11) is 2.07. The molecule has 0 aromatic heterocycles. The molecular formula is C18H34N2O. The van der Waals surface area contributed by atoms with Crippen LogP contribution in [0.2, 0.25) is 0 Å². The Morgan fingerprint density at radius 3 is 1.90 bits per heavy atom.